The topological polar surface area (TPSA) is 15.3 Å². The summed E-state index contributed by atoms with van der Waals surface area (Å²) in [5.41, 5.74) is 0.775. The van der Waals surface area contributed by atoms with E-state index in [1.807, 2.05) is 12.1 Å². The fraction of sp³-hybridized carbons (Fsp3) is 0.647. The summed E-state index contributed by atoms with van der Waals surface area (Å²) in [7, 11) is 2.13. The van der Waals surface area contributed by atoms with Crippen LogP contribution in [-0.2, 0) is 0 Å². The van der Waals surface area contributed by atoms with E-state index in [2.05, 4.69) is 38.0 Å². The molecule has 0 aliphatic heterocycles. The number of likely N-dealkylation sites (N-methyl/N-ethyl adjacent to an activating group) is 1. The third-order valence-corrected chi connectivity index (χ3v) is 3.85. The van der Waals surface area contributed by atoms with Crippen LogP contribution < -0.4 is 5.32 Å². The van der Waals surface area contributed by atoms with Crippen molar-refractivity contribution in [2.45, 2.75) is 52.1 Å². The average molecular weight is 280 g/mol. The van der Waals surface area contributed by atoms with Gasteiger partial charge >= 0.3 is 0 Å². The first-order chi connectivity index (χ1) is 9.60. The normalized spacial score (nSPS) is 14.5. The fourth-order valence-electron chi connectivity index (χ4n) is 2.46. The Balaban J connectivity index is 2.77. The zero-order valence-corrected chi connectivity index (χ0v) is 13.3. The van der Waals surface area contributed by atoms with Gasteiger partial charge in [0.05, 0.1) is 0 Å². The van der Waals surface area contributed by atoms with Crippen LogP contribution in [0, 0.1) is 5.82 Å². The maximum absolute atomic E-state index is 14.0. The van der Waals surface area contributed by atoms with Crippen molar-refractivity contribution in [3.63, 3.8) is 0 Å². The molecule has 1 aromatic rings. The van der Waals surface area contributed by atoms with Crippen LogP contribution in [0.15, 0.2) is 24.3 Å². The molecule has 2 unspecified atom stereocenters. The molecule has 2 atom stereocenters. The van der Waals surface area contributed by atoms with Crippen molar-refractivity contribution in [1.82, 2.24) is 10.2 Å². The lowest BCUT2D eigenvalue weighted by Crippen LogP contribution is -2.38. The van der Waals surface area contributed by atoms with Crippen LogP contribution in [0.5, 0.6) is 0 Å². The molecule has 0 radical (unpaired) electrons. The van der Waals surface area contributed by atoms with E-state index in [1.165, 1.54) is 12.8 Å². The van der Waals surface area contributed by atoms with Crippen LogP contribution in [0.3, 0.4) is 0 Å². The summed E-state index contributed by atoms with van der Waals surface area (Å²) in [6.07, 6.45) is 3.41. The molecule has 1 N–H and O–H groups in total. The van der Waals surface area contributed by atoms with Crippen molar-refractivity contribution >= 4 is 0 Å². The van der Waals surface area contributed by atoms with Crippen molar-refractivity contribution < 1.29 is 4.39 Å². The van der Waals surface area contributed by atoms with E-state index in [0.29, 0.717) is 6.04 Å². The third-order valence-electron chi connectivity index (χ3n) is 3.85. The van der Waals surface area contributed by atoms with Crippen molar-refractivity contribution in [1.29, 1.82) is 0 Å². The third kappa shape index (κ3) is 5.22. The van der Waals surface area contributed by atoms with E-state index < -0.39 is 0 Å². The summed E-state index contributed by atoms with van der Waals surface area (Å²) in [6.45, 7) is 8.32. The van der Waals surface area contributed by atoms with Gasteiger partial charge < -0.3 is 10.2 Å². The predicted octanol–water partition coefficient (Wildman–Crippen LogP) is 3.99. The Morgan fingerprint density at radius 2 is 1.90 bits per heavy atom. The Morgan fingerprint density at radius 3 is 2.50 bits per heavy atom. The van der Waals surface area contributed by atoms with Gasteiger partial charge in [0.2, 0.25) is 0 Å². The van der Waals surface area contributed by atoms with E-state index in [-0.39, 0.29) is 11.9 Å². The molecular weight excluding hydrogens is 251 g/mol. The van der Waals surface area contributed by atoms with Crippen molar-refractivity contribution in [3.8, 4) is 0 Å². The Morgan fingerprint density at radius 1 is 1.20 bits per heavy atom. The number of hydrogen-bond donors (Lipinski definition) is 1. The van der Waals surface area contributed by atoms with Gasteiger partial charge in [0.15, 0.2) is 0 Å². The molecule has 0 aliphatic rings. The van der Waals surface area contributed by atoms with E-state index in [4.69, 9.17) is 0 Å². The van der Waals surface area contributed by atoms with Crippen LogP contribution in [0.2, 0.25) is 0 Å². The number of halogens is 1. The lowest BCUT2D eigenvalue weighted by atomic mass is 10.0. The molecule has 3 heteroatoms. The Bertz CT molecular complexity index is 381. The van der Waals surface area contributed by atoms with Crippen LogP contribution in [-0.4, -0.2) is 31.1 Å². The average Bonchev–Trinajstić information content (AvgIpc) is 2.44. The first kappa shape index (κ1) is 17.1. The molecule has 0 heterocycles. The van der Waals surface area contributed by atoms with Gasteiger partial charge in [-0.15, -0.1) is 0 Å². The fourth-order valence-corrected chi connectivity index (χ4v) is 2.46. The SMILES string of the molecule is CCCNC(CN(C)C(C)CCC)c1ccccc1F. The number of rotatable bonds is 9. The highest BCUT2D eigenvalue weighted by atomic mass is 19.1. The maximum atomic E-state index is 14.0. The van der Waals surface area contributed by atoms with Crippen molar-refractivity contribution in [3.05, 3.63) is 35.6 Å². The highest BCUT2D eigenvalue weighted by Gasteiger charge is 2.19. The van der Waals surface area contributed by atoms with E-state index in [9.17, 15) is 4.39 Å². The van der Waals surface area contributed by atoms with Gasteiger partial charge in [-0.25, -0.2) is 4.39 Å². The summed E-state index contributed by atoms with van der Waals surface area (Å²) in [5, 5.41) is 3.47. The molecule has 0 aromatic heterocycles. The standard InChI is InChI=1S/C17H29FN2/c1-5-9-14(3)20(4)13-17(19-12-6-2)15-10-7-8-11-16(15)18/h7-8,10-11,14,17,19H,5-6,9,12-13H2,1-4H3. The molecule has 0 saturated heterocycles. The van der Waals surface area contributed by atoms with Gasteiger partial charge in [-0.1, -0.05) is 38.5 Å². The number of nitrogens with one attached hydrogen (secondary N) is 1. The van der Waals surface area contributed by atoms with Gasteiger partial charge in [0.25, 0.3) is 0 Å². The molecule has 1 rings (SSSR count). The lowest BCUT2D eigenvalue weighted by Gasteiger charge is -2.30. The molecule has 114 valence electrons. The zero-order chi connectivity index (χ0) is 15.0. The van der Waals surface area contributed by atoms with E-state index in [1.54, 1.807) is 12.1 Å². The first-order valence-corrected chi connectivity index (χ1v) is 7.78. The minimum absolute atomic E-state index is 0.0560. The van der Waals surface area contributed by atoms with Gasteiger partial charge in [0.1, 0.15) is 5.82 Å². The van der Waals surface area contributed by atoms with Gasteiger partial charge in [-0.05, 0) is 39.4 Å². The van der Waals surface area contributed by atoms with Crippen molar-refractivity contribution in [2.24, 2.45) is 0 Å². The van der Waals surface area contributed by atoms with Gasteiger partial charge in [-0.3, -0.25) is 0 Å². The Labute approximate surface area is 123 Å². The second-order valence-corrected chi connectivity index (χ2v) is 5.61. The summed E-state index contributed by atoms with van der Waals surface area (Å²) in [6, 6.07) is 7.68. The smallest absolute Gasteiger partial charge is 0.128 e. The van der Waals surface area contributed by atoms with E-state index in [0.717, 1.165) is 25.1 Å². The van der Waals surface area contributed by atoms with Crippen molar-refractivity contribution in [2.75, 3.05) is 20.1 Å². The minimum Gasteiger partial charge on any atom is -0.309 e. The lowest BCUT2D eigenvalue weighted by molar-refractivity contribution is 0.217. The molecular formula is C17H29FN2. The largest absolute Gasteiger partial charge is 0.309 e. The molecule has 1 aromatic carbocycles. The molecule has 0 aliphatic carbocycles. The second-order valence-electron chi connectivity index (χ2n) is 5.61. The van der Waals surface area contributed by atoms with Crippen LogP contribution in [0.1, 0.15) is 51.6 Å². The van der Waals surface area contributed by atoms with Gasteiger partial charge in [0, 0.05) is 24.2 Å². The van der Waals surface area contributed by atoms with Gasteiger partial charge in [-0.2, -0.15) is 0 Å². The van der Waals surface area contributed by atoms with Crippen LogP contribution >= 0.6 is 0 Å². The molecule has 0 spiro atoms. The molecule has 0 saturated carbocycles. The number of benzene rings is 1. The molecule has 0 fully saturated rings. The maximum Gasteiger partial charge on any atom is 0.128 e. The number of nitrogens with zero attached hydrogens (tertiary/aromatic N) is 1. The molecule has 0 bridgehead atoms. The first-order valence-electron chi connectivity index (χ1n) is 7.78. The Hall–Kier alpha value is -0.930. The highest BCUT2D eigenvalue weighted by molar-refractivity contribution is 5.21. The monoisotopic (exact) mass is 280 g/mol. The van der Waals surface area contributed by atoms with E-state index >= 15 is 0 Å². The predicted molar refractivity (Wildman–Crippen MR) is 84.4 cm³/mol. The summed E-state index contributed by atoms with van der Waals surface area (Å²) < 4.78 is 14.0. The molecule has 0 amide bonds. The second kappa shape index (κ2) is 9.09. The quantitative estimate of drug-likeness (QED) is 0.736. The summed E-state index contributed by atoms with van der Waals surface area (Å²) >= 11 is 0. The zero-order valence-electron chi connectivity index (χ0n) is 13.3. The Kier molecular flexibility index (Phi) is 7.78. The summed E-state index contributed by atoms with van der Waals surface area (Å²) in [4.78, 5) is 2.32. The highest BCUT2D eigenvalue weighted by Crippen LogP contribution is 2.19. The summed E-state index contributed by atoms with van der Waals surface area (Å²) in [5.74, 6) is -0.113. The molecule has 20 heavy (non-hydrogen) atoms. The molecule has 2 nitrogen and oxygen atoms in total. The van der Waals surface area contributed by atoms with Crippen LogP contribution in [0.25, 0.3) is 0 Å². The van der Waals surface area contributed by atoms with Crippen LogP contribution in [0.4, 0.5) is 4.39 Å². The minimum atomic E-state index is -0.113. The number of hydrogen-bond acceptors (Lipinski definition) is 2.